The van der Waals surface area contributed by atoms with Gasteiger partial charge in [0.2, 0.25) is 5.91 Å². The molecule has 1 amide bonds. The van der Waals surface area contributed by atoms with Crippen molar-refractivity contribution in [2.24, 2.45) is 0 Å². The van der Waals surface area contributed by atoms with Gasteiger partial charge in [0.1, 0.15) is 0 Å². The summed E-state index contributed by atoms with van der Waals surface area (Å²) in [6, 6.07) is -0.641. The lowest BCUT2D eigenvalue weighted by Gasteiger charge is -2.19. The van der Waals surface area contributed by atoms with Crippen LogP contribution in [-0.2, 0) is 4.79 Å². The number of hydrogen-bond acceptors (Lipinski definition) is 3. The van der Waals surface area contributed by atoms with Gasteiger partial charge >= 0.3 is 0 Å². The second-order valence-corrected chi connectivity index (χ2v) is 12.6. The fourth-order valence-electron chi connectivity index (χ4n) is 5.34. The summed E-state index contributed by atoms with van der Waals surface area (Å²) in [7, 11) is 0. The minimum Gasteiger partial charge on any atom is -0.394 e. The molecular formula is C40H73NO3. The first-order valence-electron chi connectivity index (χ1n) is 18.9. The number of amides is 1. The van der Waals surface area contributed by atoms with E-state index in [1.807, 2.05) is 6.08 Å². The van der Waals surface area contributed by atoms with E-state index in [1.54, 1.807) is 6.08 Å². The summed E-state index contributed by atoms with van der Waals surface area (Å²) in [6.45, 7) is 4.23. The smallest absolute Gasteiger partial charge is 0.220 e. The highest BCUT2D eigenvalue weighted by Gasteiger charge is 2.17. The fraction of sp³-hybridized carbons (Fsp3) is 0.775. The van der Waals surface area contributed by atoms with Crippen molar-refractivity contribution in [2.45, 2.75) is 193 Å². The van der Waals surface area contributed by atoms with Gasteiger partial charge in [-0.25, -0.2) is 0 Å². The Labute approximate surface area is 274 Å². The van der Waals surface area contributed by atoms with E-state index < -0.39 is 12.1 Å². The highest BCUT2D eigenvalue weighted by Crippen LogP contribution is 2.12. The molecule has 0 rings (SSSR count). The first-order valence-corrected chi connectivity index (χ1v) is 18.9. The molecule has 4 nitrogen and oxygen atoms in total. The Bertz CT molecular complexity index is 711. The molecule has 0 aliphatic carbocycles. The summed E-state index contributed by atoms with van der Waals surface area (Å²) in [6.07, 6.45) is 47.8. The van der Waals surface area contributed by atoms with Crippen LogP contribution in [0.2, 0.25) is 0 Å². The summed E-state index contributed by atoms with van der Waals surface area (Å²) >= 11 is 0. The summed E-state index contributed by atoms with van der Waals surface area (Å²) in [4.78, 5) is 12.3. The maximum Gasteiger partial charge on any atom is 0.220 e. The number of carbonyl (C=O) groups excluding carboxylic acids is 1. The topological polar surface area (TPSA) is 69.6 Å². The van der Waals surface area contributed by atoms with Gasteiger partial charge in [-0.2, -0.15) is 0 Å². The number of rotatable bonds is 33. The van der Waals surface area contributed by atoms with E-state index in [4.69, 9.17) is 0 Å². The molecule has 0 heterocycles. The zero-order valence-corrected chi connectivity index (χ0v) is 29.2. The zero-order chi connectivity index (χ0) is 32.2. The van der Waals surface area contributed by atoms with Crippen LogP contribution in [0.1, 0.15) is 181 Å². The van der Waals surface area contributed by atoms with Crippen LogP contribution < -0.4 is 5.32 Å². The molecule has 2 atom stereocenters. The number of carbonyl (C=O) groups is 1. The first-order chi connectivity index (χ1) is 21.7. The van der Waals surface area contributed by atoms with Gasteiger partial charge in [0, 0.05) is 6.42 Å². The Morgan fingerprint density at radius 1 is 0.545 bits per heavy atom. The molecule has 0 spiro atoms. The van der Waals surface area contributed by atoms with E-state index in [9.17, 15) is 15.0 Å². The SMILES string of the molecule is CCCCC/C=C/CC/C=C/C(O)C(CO)NC(=O)CCCCCCCCC/C=C\C/C=C\CCCCCCCCCCC. The standard InChI is InChI=1S/C40H73NO3/c1-3-5-7-9-11-13-14-15-16-17-18-19-20-21-22-23-24-25-26-28-30-32-34-36-40(44)41-38(37-42)39(43)35-33-31-29-27-12-10-8-6-4-2/h12,18-19,21-22,27,33,35,38-39,42-43H,3-11,13-17,20,23-26,28-32,34,36-37H2,1-2H3,(H,41,44)/b19-18-,22-21-,27-12+,35-33+. The van der Waals surface area contributed by atoms with Crippen LogP contribution in [0.3, 0.4) is 0 Å². The summed E-state index contributed by atoms with van der Waals surface area (Å²) in [5, 5.41) is 22.7. The second-order valence-electron chi connectivity index (χ2n) is 12.6. The van der Waals surface area contributed by atoms with Gasteiger partial charge in [-0.15, -0.1) is 0 Å². The van der Waals surface area contributed by atoms with Crippen LogP contribution in [0.4, 0.5) is 0 Å². The zero-order valence-electron chi connectivity index (χ0n) is 29.2. The van der Waals surface area contributed by atoms with E-state index in [-0.39, 0.29) is 12.5 Å². The van der Waals surface area contributed by atoms with Crippen molar-refractivity contribution in [1.82, 2.24) is 5.32 Å². The third kappa shape index (κ3) is 31.8. The molecule has 0 fully saturated rings. The van der Waals surface area contributed by atoms with E-state index in [0.29, 0.717) is 6.42 Å². The first kappa shape index (κ1) is 42.3. The van der Waals surface area contributed by atoms with Crippen molar-refractivity contribution in [3.63, 3.8) is 0 Å². The van der Waals surface area contributed by atoms with E-state index in [1.165, 1.54) is 116 Å². The average Bonchev–Trinajstić information content (AvgIpc) is 3.03. The molecule has 0 aromatic rings. The average molecular weight is 616 g/mol. The monoisotopic (exact) mass is 616 g/mol. The molecule has 256 valence electrons. The Morgan fingerprint density at radius 2 is 0.955 bits per heavy atom. The molecule has 4 heteroatoms. The lowest BCUT2D eigenvalue weighted by atomic mass is 10.1. The molecule has 3 N–H and O–H groups in total. The molecule has 0 saturated heterocycles. The molecule has 44 heavy (non-hydrogen) atoms. The maximum atomic E-state index is 12.3. The molecule has 0 aromatic carbocycles. The van der Waals surface area contributed by atoms with Crippen LogP contribution in [0, 0.1) is 0 Å². The molecule has 0 saturated carbocycles. The van der Waals surface area contributed by atoms with Crippen molar-refractivity contribution in [1.29, 1.82) is 0 Å². The number of nitrogens with one attached hydrogen (secondary N) is 1. The quantitative estimate of drug-likeness (QED) is 0.0508. The number of aliphatic hydroxyl groups is 2. The fourth-order valence-corrected chi connectivity index (χ4v) is 5.34. The van der Waals surface area contributed by atoms with Crippen molar-refractivity contribution in [3.8, 4) is 0 Å². The predicted octanol–water partition coefficient (Wildman–Crippen LogP) is 11.2. The lowest BCUT2D eigenvalue weighted by molar-refractivity contribution is -0.123. The van der Waals surface area contributed by atoms with Gasteiger partial charge in [-0.05, 0) is 64.2 Å². The van der Waals surface area contributed by atoms with Gasteiger partial charge in [0.05, 0.1) is 18.8 Å². The third-order valence-corrected chi connectivity index (χ3v) is 8.28. The van der Waals surface area contributed by atoms with E-state index in [0.717, 1.165) is 44.9 Å². The van der Waals surface area contributed by atoms with Crippen LogP contribution in [0.25, 0.3) is 0 Å². The van der Waals surface area contributed by atoms with E-state index in [2.05, 4.69) is 55.6 Å². The van der Waals surface area contributed by atoms with Crippen LogP contribution in [-0.4, -0.2) is 34.9 Å². The molecule has 0 bridgehead atoms. The predicted molar refractivity (Wildman–Crippen MR) is 193 cm³/mol. The number of allylic oxidation sites excluding steroid dienone is 7. The number of unbranched alkanes of at least 4 members (excludes halogenated alkanes) is 20. The van der Waals surface area contributed by atoms with Crippen LogP contribution in [0.5, 0.6) is 0 Å². The molecule has 0 aliphatic rings. The van der Waals surface area contributed by atoms with Gasteiger partial charge in [0.15, 0.2) is 0 Å². The lowest BCUT2D eigenvalue weighted by Crippen LogP contribution is -2.45. The van der Waals surface area contributed by atoms with Gasteiger partial charge < -0.3 is 15.5 Å². The van der Waals surface area contributed by atoms with Gasteiger partial charge in [-0.1, -0.05) is 159 Å². The maximum absolute atomic E-state index is 12.3. The van der Waals surface area contributed by atoms with Crippen molar-refractivity contribution in [2.75, 3.05) is 6.61 Å². The third-order valence-electron chi connectivity index (χ3n) is 8.28. The Balaban J connectivity index is 3.60. The second kappa shape index (κ2) is 35.8. The summed E-state index contributed by atoms with van der Waals surface area (Å²) in [5.74, 6) is -0.0864. The Kier molecular flexibility index (Phi) is 34.5. The minimum absolute atomic E-state index is 0.0864. The molecule has 0 radical (unpaired) electrons. The Hall–Kier alpha value is -1.65. The van der Waals surface area contributed by atoms with Crippen molar-refractivity contribution < 1.29 is 15.0 Å². The molecule has 2 unspecified atom stereocenters. The van der Waals surface area contributed by atoms with Gasteiger partial charge in [-0.3, -0.25) is 4.79 Å². The van der Waals surface area contributed by atoms with Gasteiger partial charge in [0.25, 0.3) is 0 Å². The van der Waals surface area contributed by atoms with Crippen LogP contribution >= 0.6 is 0 Å². The minimum atomic E-state index is -0.863. The highest BCUT2D eigenvalue weighted by atomic mass is 16.3. The number of hydrogen-bond donors (Lipinski definition) is 3. The van der Waals surface area contributed by atoms with Crippen molar-refractivity contribution >= 4 is 5.91 Å². The molecular weight excluding hydrogens is 542 g/mol. The van der Waals surface area contributed by atoms with E-state index >= 15 is 0 Å². The number of aliphatic hydroxyl groups excluding tert-OH is 2. The van der Waals surface area contributed by atoms with Crippen molar-refractivity contribution in [3.05, 3.63) is 48.6 Å². The summed E-state index contributed by atoms with van der Waals surface area (Å²) < 4.78 is 0. The van der Waals surface area contributed by atoms with Crippen LogP contribution in [0.15, 0.2) is 48.6 Å². The highest BCUT2D eigenvalue weighted by molar-refractivity contribution is 5.76. The molecule has 0 aliphatic heterocycles. The summed E-state index contributed by atoms with van der Waals surface area (Å²) in [5.41, 5.74) is 0. The molecule has 0 aromatic heterocycles. The Morgan fingerprint density at radius 3 is 1.50 bits per heavy atom. The largest absolute Gasteiger partial charge is 0.394 e. The normalized spacial score (nSPS) is 13.6.